The van der Waals surface area contributed by atoms with Gasteiger partial charge in [-0.15, -0.1) is 0 Å². The topological polar surface area (TPSA) is 35.2 Å². The van der Waals surface area contributed by atoms with Crippen LogP contribution in [0.25, 0.3) is 0 Å². The number of ether oxygens (including phenoxy) is 1. The molecule has 0 fully saturated rings. The van der Waals surface area contributed by atoms with Crippen molar-refractivity contribution in [2.45, 2.75) is 13.0 Å². The standard InChI is InChI=1S/C15H15ClFNO/c16-14-9-12(3-6-15(14)17)10-19-13-4-1-11(2-5-13)7-8-18/h1-6,9H,7-8,10,18H2. The summed E-state index contributed by atoms with van der Waals surface area (Å²) in [6.45, 7) is 0.991. The highest BCUT2D eigenvalue weighted by Crippen LogP contribution is 2.18. The maximum atomic E-state index is 13.0. The van der Waals surface area contributed by atoms with Gasteiger partial charge in [0, 0.05) is 0 Å². The van der Waals surface area contributed by atoms with Crippen molar-refractivity contribution >= 4 is 11.6 Å². The summed E-state index contributed by atoms with van der Waals surface area (Å²) in [4.78, 5) is 0. The van der Waals surface area contributed by atoms with Gasteiger partial charge in [-0.05, 0) is 48.4 Å². The molecule has 100 valence electrons. The van der Waals surface area contributed by atoms with Gasteiger partial charge in [0.05, 0.1) is 5.02 Å². The number of benzene rings is 2. The molecule has 2 rings (SSSR count). The van der Waals surface area contributed by atoms with Gasteiger partial charge in [-0.2, -0.15) is 0 Å². The summed E-state index contributed by atoms with van der Waals surface area (Å²) in [5, 5.41) is 0.111. The summed E-state index contributed by atoms with van der Waals surface area (Å²) >= 11 is 5.71. The van der Waals surface area contributed by atoms with E-state index >= 15 is 0 Å². The average molecular weight is 280 g/mol. The first kappa shape index (κ1) is 13.8. The van der Waals surface area contributed by atoms with Crippen LogP contribution in [-0.2, 0) is 13.0 Å². The van der Waals surface area contributed by atoms with E-state index in [2.05, 4.69) is 0 Å². The van der Waals surface area contributed by atoms with Crippen molar-refractivity contribution in [3.63, 3.8) is 0 Å². The highest BCUT2D eigenvalue weighted by Gasteiger charge is 2.02. The first-order valence-electron chi connectivity index (χ1n) is 6.05. The monoisotopic (exact) mass is 279 g/mol. The molecule has 2 aromatic rings. The zero-order chi connectivity index (χ0) is 13.7. The van der Waals surface area contributed by atoms with Crippen LogP contribution in [-0.4, -0.2) is 6.54 Å². The van der Waals surface area contributed by atoms with Crippen LogP contribution in [0.4, 0.5) is 4.39 Å². The third kappa shape index (κ3) is 3.94. The van der Waals surface area contributed by atoms with Crippen LogP contribution in [0.2, 0.25) is 5.02 Å². The van der Waals surface area contributed by atoms with E-state index in [4.69, 9.17) is 22.1 Å². The van der Waals surface area contributed by atoms with Crippen LogP contribution in [0.3, 0.4) is 0 Å². The maximum absolute atomic E-state index is 13.0. The Morgan fingerprint density at radius 1 is 1.05 bits per heavy atom. The predicted molar refractivity (Wildman–Crippen MR) is 74.9 cm³/mol. The van der Waals surface area contributed by atoms with Crippen molar-refractivity contribution < 1.29 is 9.13 Å². The molecule has 0 amide bonds. The van der Waals surface area contributed by atoms with E-state index in [0.717, 1.165) is 17.7 Å². The molecule has 0 saturated carbocycles. The molecule has 0 heterocycles. The molecule has 19 heavy (non-hydrogen) atoms. The van der Waals surface area contributed by atoms with Gasteiger partial charge < -0.3 is 10.5 Å². The molecule has 2 nitrogen and oxygen atoms in total. The molecule has 0 aliphatic carbocycles. The Morgan fingerprint density at radius 3 is 2.37 bits per heavy atom. The maximum Gasteiger partial charge on any atom is 0.141 e. The Hall–Kier alpha value is -1.58. The number of halogens is 2. The molecule has 0 bridgehead atoms. The van der Waals surface area contributed by atoms with Crippen LogP contribution in [0, 0.1) is 5.82 Å². The van der Waals surface area contributed by atoms with Crippen molar-refractivity contribution in [2.75, 3.05) is 6.54 Å². The third-order valence-corrected chi connectivity index (χ3v) is 3.04. The minimum Gasteiger partial charge on any atom is -0.489 e. The number of rotatable bonds is 5. The fourth-order valence-corrected chi connectivity index (χ4v) is 1.92. The Labute approximate surface area is 117 Å². The zero-order valence-electron chi connectivity index (χ0n) is 10.4. The second-order valence-electron chi connectivity index (χ2n) is 4.22. The molecule has 0 saturated heterocycles. The largest absolute Gasteiger partial charge is 0.489 e. The highest BCUT2D eigenvalue weighted by atomic mass is 35.5. The summed E-state index contributed by atoms with van der Waals surface area (Å²) in [6.07, 6.45) is 0.855. The molecule has 2 aromatic carbocycles. The van der Waals surface area contributed by atoms with Gasteiger partial charge in [0.2, 0.25) is 0 Å². The smallest absolute Gasteiger partial charge is 0.141 e. The van der Waals surface area contributed by atoms with Gasteiger partial charge in [0.15, 0.2) is 0 Å². The molecule has 0 radical (unpaired) electrons. The van der Waals surface area contributed by atoms with Gasteiger partial charge in [-0.1, -0.05) is 29.8 Å². The van der Waals surface area contributed by atoms with Crippen LogP contribution in [0.1, 0.15) is 11.1 Å². The Bertz CT molecular complexity index is 542. The molecule has 4 heteroatoms. The lowest BCUT2D eigenvalue weighted by atomic mass is 10.1. The van der Waals surface area contributed by atoms with Gasteiger partial charge in [0.25, 0.3) is 0 Å². The van der Waals surface area contributed by atoms with Crippen molar-refractivity contribution in [3.05, 3.63) is 64.4 Å². The summed E-state index contributed by atoms with van der Waals surface area (Å²) in [7, 11) is 0. The molecule has 0 spiro atoms. The van der Waals surface area contributed by atoms with Gasteiger partial charge >= 0.3 is 0 Å². The van der Waals surface area contributed by atoms with E-state index in [1.54, 1.807) is 12.1 Å². The first-order chi connectivity index (χ1) is 9.19. The van der Waals surface area contributed by atoms with Crippen molar-refractivity contribution in [1.82, 2.24) is 0 Å². The van der Waals surface area contributed by atoms with Crippen molar-refractivity contribution in [1.29, 1.82) is 0 Å². The Morgan fingerprint density at radius 2 is 1.74 bits per heavy atom. The lowest BCUT2D eigenvalue weighted by molar-refractivity contribution is 0.306. The summed E-state index contributed by atoms with van der Waals surface area (Å²) < 4.78 is 18.6. The zero-order valence-corrected chi connectivity index (χ0v) is 11.2. The Balaban J connectivity index is 1.96. The molecule has 0 aromatic heterocycles. The predicted octanol–water partition coefficient (Wildman–Crippen LogP) is 3.56. The van der Waals surface area contributed by atoms with E-state index in [1.165, 1.54) is 11.6 Å². The molecule has 0 unspecified atom stereocenters. The minimum absolute atomic E-state index is 0.111. The molecule has 0 atom stereocenters. The minimum atomic E-state index is -0.420. The first-order valence-corrected chi connectivity index (χ1v) is 6.42. The lowest BCUT2D eigenvalue weighted by Crippen LogP contribution is -2.02. The highest BCUT2D eigenvalue weighted by molar-refractivity contribution is 6.30. The van der Waals surface area contributed by atoms with Crippen LogP contribution < -0.4 is 10.5 Å². The summed E-state index contributed by atoms with van der Waals surface area (Å²) in [5.74, 6) is 0.345. The lowest BCUT2D eigenvalue weighted by Gasteiger charge is -2.07. The van der Waals surface area contributed by atoms with Crippen LogP contribution >= 0.6 is 11.6 Å². The molecule has 0 aliphatic rings. The second-order valence-corrected chi connectivity index (χ2v) is 4.63. The third-order valence-electron chi connectivity index (χ3n) is 2.75. The average Bonchev–Trinajstić information content (AvgIpc) is 2.42. The number of nitrogens with two attached hydrogens (primary N) is 1. The molecular weight excluding hydrogens is 265 g/mol. The second kappa shape index (κ2) is 6.55. The van der Waals surface area contributed by atoms with E-state index in [0.29, 0.717) is 13.2 Å². The van der Waals surface area contributed by atoms with Gasteiger partial charge in [-0.3, -0.25) is 0 Å². The van der Waals surface area contributed by atoms with E-state index in [9.17, 15) is 4.39 Å². The molecular formula is C15H15ClFNO. The molecule has 0 aliphatic heterocycles. The Kier molecular flexibility index (Phi) is 4.77. The number of hydrogen-bond acceptors (Lipinski definition) is 2. The van der Waals surface area contributed by atoms with E-state index in [-0.39, 0.29) is 5.02 Å². The number of hydrogen-bond donors (Lipinski definition) is 1. The normalized spacial score (nSPS) is 10.5. The van der Waals surface area contributed by atoms with E-state index in [1.807, 2.05) is 24.3 Å². The molecule has 2 N–H and O–H groups in total. The van der Waals surface area contributed by atoms with Gasteiger partial charge in [0.1, 0.15) is 18.2 Å². The van der Waals surface area contributed by atoms with Crippen molar-refractivity contribution in [2.24, 2.45) is 5.73 Å². The fraction of sp³-hybridized carbons (Fsp3) is 0.200. The quantitative estimate of drug-likeness (QED) is 0.908. The van der Waals surface area contributed by atoms with Gasteiger partial charge in [-0.25, -0.2) is 4.39 Å². The SMILES string of the molecule is NCCc1ccc(OCc2ccc(F)c(Cl)c2)cc1. The summed E-state index contributed by atoms with van der Waals surface area (Å²) in [5.41, 5.74) is 7.50. The fourth-order valence-electron chi connectivity index (χ4n) is 1.72. The van der Waals surface area contributed by atoms with E-state index < -0.39 is 5.82 Å². The van der Waals surface area contributed by atoms with Crippen molar-refractivity contribution in [3.8, 4) is 5.75 Å². The van der Waals surface area contributed by atoms with Crippen LogP contribution in [0.5, 0.6) is 5.75 Å². The summed E-state index contributed by atoms with van der Waals surface area (Å²) in [6, 6.07) is 12.3. The van der Waals surface area contributed by atoms with Crippen LogP contribution in [0.15, 0.2) is 42.5 Å².